The number of fused-ring (bicyclic) bond motifs is 10. The highest BCUT2D eigenvalue weighted by Gasteiger charge is 2.54. The molecule has 0 N–H and O–H groups in total. The van der Waals surface area contributed by atoms with Gasteiger partial charge in [0.1, 0.15) is 0 Å². The molecule has 256 valence electrons. The van der Waals surface area contributed by atoms with E-state index in [4.69, 9.17) is 19.9 Å². The molecule has 2 aromatic heterocycles. The smallest absolute Gasteiger partial charge is 0.160 e. The number of nitrogens with zero attached hydrogens (tertiary/aromatic N) is 4. The Balaban J connectivity index is 1.10. The molecule has 2 heterocycles. The second-order valence-electron chi connectivity index (χ2n) is 14.1. The van der Waals surface area contributed by atoms with Crippen LogP contribution in [0.4, 0.5) is 0 Å². The van der Waals surface area contributed by atoms with E-state index in [1.807, 2.05) is 36.4 Å². The summed E-state index contributed by atoms with van der Waals surface area (Å²) in [5.41, 5.74) is 16.7. The van der Waals surface area contributed by atoms with Gasteiger partial charge in [-0.3, -0.25) is 0 Å². The molecule has 0 amide bonds. The third-order valence-electron chi connectivity index (χ3n) is 11.1. The fourth-order valence-corrected chi connectivity index (χ4v) is 8.75. The first-order valence-electron chi connectivity index (χ1n) is 18.7. The minimum Gasteiger partial charge on any atom is -0.228 e. The first-order valence-corrected chi connectivity index (χ1v) is 18.7. The van der Waals surface area contributed by atoms with Crippen molar-refractivity contribution in [2.45, 2.75) is 5.41 Å². The third kappa shape index (κ3) is 4.78. The van der Waals surface area contributed by atoms with Crippen LogP contribution in [0.5, 0.6) is 0 Å². The van der Waals surface area contributed by atoms with E-state index in [0.717, 1.165) is 61.7 Å². The summed E-state index contributed by atoms with van der Waals surface area (Å²) in [6, 6.07) is 68.1. The Kier molecular flexibility index (Phi) is 7.04. The van der Waals surface area contributed by atoms with Crippen LogP contribution in [0.25, 0.3) is 78.9 Å². The second-order valence-corrected chi connectivity index (χ2v) is 14.1. The van der Waals surface area contributed by atoms with Crippen LogP contribution in [0, 0.1) is 0 Å². The Hall–Kier alpha value is -7.30. The highest BCUT2D eigenvalue weighted by atomic mass is 14.9. The van der Waals surface area contributed by atoms with Gasteiger partial charge in [-0.15, -0.1) is 0 Å². The molecular weight excluding hydrogens is 669 g/mol. The molecule has 0 bridgehead atoms. The van der Waals surface area contributed by atoms with E-state index in [9.17, 15) is 0 Å². The predicted molar refractivity (Wildman–Crippen MR) is 221 cm³/mol. The van der Waals surface area contributed by atoms with E-state index in [1.165, 1.54) is 27.8 Å². The SMILES string of the molecule is c1ccc(-c2cc(-c3ccccc3)nc(-c3ccc(-c4nc(-c5ccccc5)c5c(n4)-c4ccccc4C54c5ccccc5-c5ccccc54)cc3)n2)cc1. The zero-order valence-electron chi connectivity index (χ0n) is 29.8. The Morgan fingerprint density at radius 2 is 0.673 bits per heavy atom. The van der Waals surface area contributed by atoms with Gasteiger partial charge >= 0.3 is 0 Å². The highest BCUT2D eigenvalue weighted by molar-refractivity contribution is 5.97. The van der Waals surface area contributed by atoms with Crippen LogP contribution >= 0.6 is 0 Å². The van der Waals surface area contributed by atoms with Gasteiger partial charge in [-0.05, 0) is 33.9 Å². The van der Waals surface area contributed by atoms with Gasteiger partial charge in [-0.25, -0.2) is 19.9 Å². The summed E-state index contributed by atoms with van der Waals surface area (Å²) < 4.78 is 0. The molecule has 0 saturated carbocycles. The van der Waals surface area contributed by atoms with Crippen LogP contribution in [0.2, 0.25) is 0 Å². The molecule has 0 atom stereocenters. The topological polar surface area (TPSA) is 51.6 Å². The quantitative estimate of drug-likeness (QED) is 0.179. The van der Waals surface area contributed by atoms with E-state index >= 15 is 0 Å². The first-order chi connectivity index (χ1) is 27.3. The average molecular weight is 701 g/mol. The summed E-state index contributed by atoms with van der Waals surface area (Å²) in [6.07, 6.45) is 0. The Morgan fingerprint density at radius 1 is 0.291 bits per heavy atom. The molecule has 9 aromatic rings. The molecule has 2 aliphatic rings. The van der Waals surface area contributed by atoms with E-state index in [2.05, 4.69) is 158 Å². The molecule has 0 unspecified atom stereocenters. The van der Waals surface area contributed by atoms with Crippen molar-refractivity contribution in [1.82, 2.24) is 19.9 Å². The summed E-state index contributed by atoms with van der Waals surface area (Å²) in [7, 11) is 0. The van der Waals surface area contributed by atoms with Crippen molar-refractivity contribution in [3.8, 4) is 78.9 Å². The fraction of sp³-hybridized carbons (Fsp3) is 0.0196. The molecule has 0 saturated heterocycles. The summed E-state index contributed by atoms with van der Waals surface area (Å²) in [5, 5.41) is 0. The molecule has 11 rings (SSSR count). The average Bonchev–Trinajstić information content (AvgIpc) is 3.74. The molecule has 7 aromatic carbocycles. The molecule has 2 aliphatic carbocycles. The summed E-state index contributed by atoms with van der Waals surface area (Å²) in [4.78, 5) is 21.1. The van der Waals surface area contributed by atoms with Gasteiger partial charge in [0.2, 0.25) is 0 Å². The van der Waals surface area contributed by atoms with Crippen molar-refractivity contribution in [2.24, 2.45) is 0 Å². The lowest BCUT2D eigenvalue weighted by atomic mass is 9.69. The fourth-order valence-electron chi connectivity index (χ4n) is 8.75. The maximum atomic E-state index is 5.50. The maximum Gasteiger partial charge on any atom is 0.160 e. The highest BCUT2D eigenvalue weighted by Crippen LogP contribution is 2.64. The van der Waals surface area contributed by atoms with Gasteiger partial charge in [0, 0.05) is 38.9 Å². The standard InChI is InChI=1S/C51H32N4/c1-4-16-33(17-5-1)44-32-45(34-18-6-2-7-19-34)53-49(52-44)36-28-30-37(31-29-36)50-54-47(35-20-8-3-9-21-35)46-48(55-50)40-24-12-15-27-43(40)51(46)41-25-13-10-22-38(41)39-23-11-14-26-42(39)51/h1-32H. The van der Waals surface area contributed by atoms with Gasteiger partial charge in [0.15, 0.2) is 11.6 Å². The van der Waals surface area contributed by atoms with Crippen LogP contribution in [0.3, 0.4) is 0 Å². The lowest BCUT2D eigenvalue weighted by molar-refractivity contribution is 0.788. The first kappa shape index (κ1) is 31.2. The maximum absolute atomic E-state index is 5.50. The zero-order chi connectivity index (χ0) is 36.3. The number of aromatic nitrogens is 4. The number of hydrogen-bond donors (Lipinski definition) is 0. The Bertz CT molecular complexity index is 2800. The van der Waals surface area contributed by atoms with Crippen molar-refractivity contribution in [3.05, 3.63) is 216 Å². The summed E-state index contributed by atoms with van der Waals surface area (Å²) in [5.74, 6) is 1.35. The summed E-state index contributed by atoms with van der Waals surface area (Å²) >= 11 is 0. The molecular formula is C51H32N4. The van der Waals surface area contributed by atoms with Crippen LogP contribution in [-0.2, 0) is 5.41 Å². The molecule has 55 heavy (non-hydrogen) atoms. The van der Waals surface area contributed by atoms with Crippen LogP contribution < -0.4 is 0 Å². The van der Waals surface area contributed by atoms with Crippen molar-refractivity contribution in [2.75, 3.05) is 0 Å². The van der Waals surface area contributed by atoms with Gasteiger partial charge < -0.3 is 0 Å². The lowest BCUT2D eigenvalue weighted by Crippen LogP contribution is -2.27. The van der Waals surface area contributed by atoms with Crippen LogP contribution in [0.15, 0.2) is 194 Å². The second kappa shape index (κ2) is 12.4. The summed E-state index contributed by atoms with van der Waals surface area (Å²) in [6.45, 7) is 0. The number of hydrogen-bond acceptors (Lipinski definition) is 4. The minimum absolute atomic E-state index is 0.551. The van der Waals surface area contributed by atoms with Crippen molar-refractivity contribution < 1.29 is 0 Å². The van der Waals surface area contributed by atoms with Gasteiger partial charge in [-0.2, -0.15) is 0 Å². The predicted octanol–water partition coefficient (Wildman–Crippen LogP) is 11.9. The van der Waals surface area contributed by atoms with Crippen LogP contribution in [-0.4, -0.2) is 19.9 Å². The lowest BCUT2D eigenvalue weighted by Gasteiger charge is -2.31. The Morgan fingerprint density at radius 3 is 1.18 bits per heavy atom. The molecule has 0 fully saturated rings. The van der Waals surface area contributed by atoms with E-state index in [1.54, 1.807) is 0 Å². The van der Waals surface area contributed by atoms with Crippen molar-refractivity contribution in [1.29, 1.82) is 0 Å². The minimum atomic E-state index is -0.551. The normalized spacial score (nSPS) is 12.9. The van der Waals surface area contributed by atoms with E-state index in [0.29, 0.717) is 11.6 Å². The Labute approximate surface area is 319 Å². The van der Waals surface area contributed by atoms with Crippen molar-refractivity contribution in [3.63, 3.8) is 0 Å². The number of rotatable bonds is 5. The number of benzene rings is 7. The van der Waals surface area contributed by atoms with Crippen LogP contribution in [0.1, 0.15) is 22.3 Å². The van der Waals surface area contributed by atoms with Gasteiger partial charge in [-0.1, -0.05) is 188 Å². The van der Waals surface area contributed by atoms with E-state index in [-0.39, 0.29) is 0 Å². The molecule has 4 nitrogen and oxygen atoms in total. The van der Waals surface area contributed by atoms with Crippen molar-refractivity contribution >= 4 is 0 Å². The van der Waals surface area contributed by atoms with Gasteiger partial charge in [0.25, 0.3) is 0 Å². The molecule has 0 aliphatic heterocycles. The largest absolute Gasteiger partial charge is 0.228 e. The molecule has 0 radical (unpaired) electrons. The van der Waals surface area contributed by atoms with E-state index < -0.39 is 5.41 Å². The molecule has 4 heteroatoms. The third-order valence-corrected chi connectivity index (χ3v) is 11.1. The monoisotopic (exact) mass is 700 g/mol. The molecule has 1 spiro atoms. The zero-order valence-corrected chi connectivity index (χ0v) is 29.8. The van der Waals surface area contributed by atoms with Gasteiger partial charge in [0.05, 0.1) is 28.2 Å².